The number of para-hydroxylation sites is 1. The van der Waals surface area contributed by atoms with Crippen LogP contribution in [0.3, 0.4) is 0 Å². The lowest BCUT2D eigenvalue weighted by molar-refractivity contribution is -0.136. The van der Waals surface area contributed by atoms with E-state index < -0.39 is 11.8 Å². The number of carbonyl (C=O) groups is 2. The summed E-state index contributed by atoms with van der Waals surface area (Å²) in [5.41, 5.74) is 2.53. The van der Waals surface area contributed by atoms with Gasteiger partial charge in [0.15, 0.2) is 0 Å². The van der Waals surface area contributed by atoms with Crippen LogP contribution >= 0.6 is 11.6 Å². The average Bonchev–Trinajstić information content (AvgIpc) is 3.40. The standard InChI is InChI=1S/C19H19ClN2O2/c1-12-4-2-3-5-16(12)21-18(23)19(24)22-17(13-6-7-13)14-8-10-15(20)11-9-14/h2-5,8-11,13,17H,6-7H2,1H3,(H,21,23)(H,22,24). The molecular formula is C19H19ClN2O2. The SMILES string of the molecule is Cc1ccccc1NC(=O)C(=O)NC(c1ccc(Cl)cc1)C1CC1. The van der Waals surface area contributed by atoms with Gasteiger partial charge in [0.2, 0.25) is 0 Å². The molecule has 1 unspecified atom stereocenters. The van der Waals surface area contributed by atoms with Crippen molar-refractivity contribution in [1.29, 1.82) is 0 Å². The van der Waals surface area contributed by atoms with Crippen molar-refractivity contribution in [3.63, 3.8) is 0 Å². The van der Waals surface area contributed by atoms with Crippen molar-refractivity contribution in [2.45, 2.75) is 25.8 Å². The molecule has 4 nitrogen and oxygen atoms in total. The van der Waals surface area contributed by atoms with Crippen molar-refractivity contribution in [2.24, 2.45) is 5.92 Å². The van der Waals surface area contributed by atoms with E-state index in [1.807, 2.05) is 37.3 Å². The summed E-state index contributed by atoms with van der Waals surface area (Å²) < 4.78 is 0. The molecule has 0 heterocycles. The van der Waals surface area contributed by atoms with Crippen molar-refractivity contribution in [1.82, 2.24) is 5.32 Å². The lowest BCUT2D eigenvalue weighted by Crippen LogP contribution is -2.38. The summed E-state index contributed by atoms with van der Waals surface area (Å²) in [6.07, 6.45) is 2.10. The maximum absolute atomic E-state index is 12.3. The third kappa shape index (κ3) is 3.95. The van der Waals surface area contributed by atoms with E-state index in [1.54, 1.807) is 18.2 Å². The molecule has 1 saturated carbocycles. The topological polar surface area (TPSA) is 58.2 Å². The molecule has 2 aromatic carbocycles. The van der Waals surface area contributed by atoms with Crippen molar-refractivity contribution < 1.29 is 9.59 Å². The minimum atomic E-state index is -0.649. The molecule has 3 rings (SSSR count). The fourth-order valence-electron chi connectivity index (χ4n) is 2.67. The Kier molecular flexibility index (Phi) is 4.86. The van der Waals surface area contributed by atoms with Gasteiger partial charge in [-0.1, -0.05) is 41.9 Å². The predicted molar refractivity (Wildman–Crippen MR) is 94.9 cm³/mol. The summed E-state index contributed by atoms with van der Waals surface area (Å²) >= 11 is 5.92. The monoisotopic (exact) mass is 342 g/mol. The molecule has 1 atom stereocenters. The Morgan fingerprint density at radius 3 is 2.33 bits per heavy atom. The van der Waals surface area contributed by atoms with Crippen LogP contribution < -0.4 is 10.6 Å². The highest BCUT2D eigenvalue weighted by Crippen LogP contribution is 2.41. The zero-order valence-electron chi connectivity index (χ0n) is 13.4. The van der Waals surface area contributed by atoms with Crippen molar-refractivity contribution >= 4 is 29.1 Å². The van der Waals surface area contributed by atoms with Crippen LogP contribution in [0, 0.1) is 12.8 Å². The van der Waals surface area contributed by atoms with Gasteiger partial charge in [-0.15, -0.1) is 0 Å². The molecule has 2 amide bonds. The molecule has 2 N–H and O–H groups in total. The first-order valence-electron chi connectivity index (χ1n) is 7.97. The fraction of sp³-hybridized carbons (Fsp3) is 0.263. The lowest BCUT2D eigenvalue weighted by Gasteiger charge is -2.19. The molecule has 0 saturated heterocycles. The smallest absolute Gasteiger partial charge is 0.313 e. The second-order valence-corrected chi connectivity index (χ2v) is 6.55. The number of anilines is 1. The highest BCUT2D eigenvalue weighted by atomic mass is 35.5. The fourth-order valence-corrected chi connectivity index (χ4v) is 2.80. The van der Waals surface area contributed by atoms with Gasteiger partial charge in [0.05, 0.1) is 6.04 Å². The minimum Gasteiger partial charge on any atom is -0.341 e. The minimum absolute atomic E-state index is 0.155. The third-order valence-corrected chi connectivity index (χ3v) is 4.46. The highest BCUT2D eigenvalue weighted by Gasteiger charge is 2.34. The van der Waals surface area contributed by atoms with E-state index in [4.69, 9.17) is 11.6 Å². The number of hydrogen-bond donors (Lipinski definition) is 2. The Bertz CT molecular complexity index is 754. The molecule has 0 bridgehead atoms. The number of benzene rings is 2. The zero-order chi connectivity index (χ0) is 17.1. The maximum atomic E-state index is 12.3. The first-order valence-corrected chi connectivity index (χ1v) is 8.35. The second-order valence-electron chi connectivity index (χ2n) is 6.11. The maximum Gasteiger partial charge on any atom is 0.313 e. The number of aryl methyl sites for hydroxylation is 1. The van der Waals surface area contributed by atoms with Gasteiger partial charge in [-0.25, -0.2) is 0 Å². The van der Waals surface area contributed by atoms with Gasteiger partial charge in [0.25, 0.3) is 0 Å². The third-order valence-electron chi connectivity index (χ3n) is 4.21. The quantitative estimate of drug-likeness (QED) is 0.829. The number of rotatable bonds is 4. The molecule has 0 aliphatic heterocycles. The van der Waals surface area contributed by atoms with Crippen molar-refractivity contribution in [3.8, 4) is 0 Å². The molecular weight excluding hydrogens is 324 g/mol. The van der Waals surface area contributed by atoms with Crippen molar-refractivity contribution in [3.05, 3.63) is 64.7 Å². The van der Waals surface area contributed by atoms with E-state index in [0.717, 1.165) is 24.0 Å². The molecule has 2 aromatic rings. The highest BCUT2D eigenvalue weighted by molar-refractivity contribution is 6.39. The Morgan fingerprint density at radius 1 is 1.04 bits per heavy atom. The summed E-state index contributed by atoms with van der Waals surface area (Å²) in [5.74, 6) is -0.893. The Balaban J connectivity index is 1.68. The van der Waals surface area contributed by atoms with E-state index in [9.17, 15) is 9.59 Å². The van der Waals surface area contributed by atoms with Gasteiger partial charge in [-0.3, -0.25) is 9.59 Å². The van der Waals surface area contributed by atoms with Gasteiger partial charge in [0, 0.05) is 10.7 Å². The van der Waals surface area contributed by atoms with Crippen LogP contribution in [0.5, 0.6) is 0 Å². The first-order chi connectivity index (χ1) is 11.5. The largest absolute Gasteiger partial charge is 0.341 e. The van der Waals surface area contributed by atoms with E-state index in [0.29, 0.717) is 16.6 Å². The molecule has 1 aliphatic carbocycles. The van der Waals surface area contributed by atoms with Gasteiger partial charge >= 0.3 is 11.8 Å². The molecule has 0 radical (unpaired) electrons. The van der Waals surface area contributed by atoms with Gasteiger partial charge in [-0.2, -0.15) is 0 Å². The van der Waals surface area contributed by atoms with E-state index in [2.05, 4.69) is 10.6 Å². The second kappa shape index (κ2) is 7.05. The Labute approximate surface area is 146 Å². The van der Waals surface area contributed by atoms with Crippen LogP contribution in [0.4, 0.5) is 5.69 Å². The Hall–Kier alpha value is -2.33. The van der Waals surface area contributed by atoms with Crippen LogP contribution in [0.15, 0.2) is 48.5 Å². The van der Waals surface area contributed by atoms with Gasteiger partial charge < -0.3 is 10.6 Å². The molecule has 1 fully saturated rings. The predicted octanol–water partition coefficient (Wildman–Crippen LogP) is 3.85. The molecule has 0 aromatic heterocycles. The van der Waals surface area contributed by atoms with Gasteiger partial charge in [0.1, 0.15) is 0 Å². The molecule has 0 spiro atoms. The van der Waals surface area contributed by atoms with Crippen LogP contribution in [0.2, 0.25) is 5.02 Å². The van der Waals surface area contributed by atoms with E-state index >= 15 is 0 Å². The lowest BCUT2D eigenvalue weighted by atomic mass is 10.0. The average molecular weight is 343 g/mol. The number of hydrogen-bond acceptors (Lipinski definition) is 2. The summed E-state index contributed by atoms with van der Waals surface area (Å²) in [6.45, 7) is 1.88. The van der Waals surface area contributed by atoms with Crippen LogP contribution in [-0.4, -0.2) is 11.8 Å². The normalized spacial score (nSPS) is 14.8. The van der Waals surface area contributed by atoms with E-state index in [1.165, 1.54) is 0 Å². The first kappa shape index (κ1) is 16.5. The summed E-state index contributed by atoms with van der Waals surface area (Å²) in [7, 11) is 0. The summed E-state index contributed by atoms with van der Waals surface area (Å²) in [5, 5.41) is 6.17. The summed E-state index contributed by atoms with van der Waals surface area (Å²) in [6, 6.07) is 14.6. The zero-order valence-corrected chi connectivity index (χ0v) is 14.1. The summed E-state index contributed by atoms with van der Waals surface area (Å²) in [4.78, 5) is 24.5. The van der Waals surface area contributed by atoms with Crippen molar-refractivity contribution in [2.75, 3.05) is 5.32 Å². The molecule has 124 valence electrons. The Morgan fingerprint density at radius 2 is 1.71 bits per heavy atom. The van der Waals surface area contributed by atoms with E-state index in [-0.39, 0.29) is 6.04 Å². The molecule has 24 heavy (non-hydrogen) atoms. The molecule has 5 heteroatoms. The molecule has 1 aliphatic rings. The number of amides is 2. The number of nitrogens with one attached hydrogen (secondary N) is 2. The number of halogens is 1. The number of carbonyl (C=O) groups excluding carboxylic acids is 2. The van der Waals surface area contributed by atoms with Crippen LogP contribution in [-0.2, 0) is 9.59 Å². The van der Waals surface area contributed by atoms with Crippen LogP contribution in [0.1, 0.15) is 30.0 Å². The van der Waals surface area contributed by atoms with Gasteiger partial charge in [-0.05, 0) is 55.0 Å². The van der Waals surface area contributed by atoms with Crippen LogP contribution in [0.25, 0.3) is 0 Å².